The molecule has 6 nitrogen and oxygen atoms in total. The Morgan fingerprint density at radius 2 is 2.10 bits per heavy atom. The molecule has 1 unspecified atom stereocenters. The molecule has 2 heterocycles. The fourth-order valence-electron chi connectivity index (χ4n) is 2.93. The summed E-state index contributed by atoms with van der Waals surface area (Å²) in [7, 11) is -3.09. The molecule has 2 rings (SSSR count). The summed E-state index contributed by atoms with van der Waals surface area (Å²) in [5.41, 5.74) is 8.91. The number of hydrogen-bond acceptors (Lipinski definition) is 4. The minimum absolute atomic E-state index is 0.321. The number of aryl methyl sites for hydroxylation is 1. The van der Waals surface area contributed by atoms with Crippen LogP contribution in [0, 0.1) is 19.8 Å². The smallest absolute Gasteiger partial charge is 0.211 e. The van der Waals surface area contributed by atoms with Crippen LogP contribution in [0.25, 0.3) is 0 Å². The predicted molar refractivity (Wildman–Crippen MR) is 78.7 cm³/mol. The molecule has 1 aromatic rings. The van der Waals surface area contributed by atoms with Gasteiger partial charge in [0.25, 0.3) is 0 Å². The number of nitrogens with zero attached hydrogens (tertiary/aromatic N) is 3. The van der Waals surface area contributed by atoms with E-state index < -0.39 is 10.0 Å². The second kappa shape index (κ2) is 5.83. The van der Waals surface area contributed by atoms with Crippen LogP contribution in [0.2, 0.25) is 0 Å². The van der Waals surface area contributed by atoms with Crippen molar-refractivity contribution in [2.75, 3.05) is 19.3 Å². The monoisotopic (exact) mass is 300 g/mol. The van der Waals surface area contributed by atoms with E-state index in [9.17, 15) is 8.42 Å². The van der Waals surface area contributed by atoms with Crippen molar-refractivity contribution in [2.45, 2.75) is 39.8 Å². The lowest BCUT2D eigenvalue weighted by Gasteiger charge is -2.31. The van der Waals surface area contributed by atoms with Crippen LogP contribution in [0.15, 0.2) is 0 Å². The fourth-order valence-corrected chi connectivity index (χ4v) is 3.87. The van der Waals surface area contributed by atoms with Crippen LogP contribution in [0.4, 0.5) is 0 Å². The maximum atomic E-state index is 11.6. The Morgan fingerprint density at radius 1 is 1.40 bits per heavy atom. The summed E-state index contributed by atoms with van der Waals surface area (Å²) in [4.78, 5) is 0. The van der Waals surface area contributed by atoms with Crippen LogP contribution in [0.5, 0.6) is 0 Å². The van der Waals surface area contributed by atoms with Gasteiger partial charge in [0.1, 0.15) is 0 Å². The van der Waals surface area contributed by atoms with Gasteiger partial charge < -0.3 is 5.73 Å². The van der Waals surface area contributed by atoms with Gasteiger partial charge in [0.2, 0.25) is 10.0 Å². The van der Waals surface area contributed by atoms with Crippen molar-refractivity contribution in [3.63, 3.8) is 0 Å². The highest BCUT2D eigenvalue weighted by atomic mass is 32.2. The Labute approximate surface area is 121 Å². The Hall–Kier alpha value is -0.920. The van der Waals surface area contributed by atoms with Gasteiger partial charge in [-0.3, -0.25) is 4.68 Å². The minimum atomic E-state index is -3.09. The third kappa shape index (κ3) is 3.21. The minimum Gasteiger partial charge on any atom is -0.326 e. The highest BCUT2D eigenvalue weighted by Gasteiger charge is 2.26. The van der Waals surface area contributed by atoms with E-state index in [1.165, 1.54) is 6.26 Å². The molecule has 0 spiro atoms. The van der Waals surface area contributed by atoms with Gasteiger partial charge in [-0.2, -0.15) is 5.10 Å². The highest BCUT2D eigenvalue weighted by molar-refractivity contribution is 7.88. The molecule has 1 aliphatic heterocycles. The van der Waals surface area contributed by atoms with E-state index in [1.807, 2.05) is 18.5 Å². The van der Waals surface area contributed by atoms with E-state index in [2.05, 4.69) is 5.10 Å². The van der Waals surface area contributed by atoms with E-state index in [0.29, 0.717) is 25.6 Å². The normalized spacial score (nSPS) is 21.3. The average Bonchev–Trinajstić information content (AvgIpc) is 2.63. The quantitative estimate of drug-likeness (QED) is 0.884. The summed E-state index contributed by atoms with van der Waals surface area (Å²) >= 11 is 0. The van der Waals surface area contributed by atoms with Crippen molar-refractivity contribution in [1.29, 1.82) is 0 Å². The van der Waals surface area contributed by atoms with Crippen LogP contribution in [-0.4, -0.2) is 41.8 Å². The summed E-state index contributed by atoms with van der Waals surface area (Å²) in [6, 6.07) is 0. The molecule has 0 bridgehead atoms. The van der Waals surface area contributed by atoms with Crippen molar-refractivity contribution < 1.29 is 8.42 Å². The first-order valence-corrected chi connectivity index (χ1v) is 8.85. The van der Waals surface area contributed by atoms with E-state index in [4.69, 9.17) is 5.73 Å². The number of piperidine rings is 1. The van der Waals surface area contributed by atoms with Crippen molar-refractivity contribution >= 4 is 10.0 Å². The zero-order valence-corrected chi connectivity index (χ0v) is 13.3. The third-order valence-corrected chi connectivity index (χ3v) is 5.39. The van der Waals surface area contributed by atoms with Gasteiger partial charge in [0.15, 0.2) is 0 Å². The Kier molecular flexibility index (Phi) is 4.51. The molecule has 1 fully saturated rings. The molecule has 0 aliphatic carbocycles. The molecular formula is C13H24N4O2S. The van der Waals surface area contributed by atoms with E-state index in [1.54, 1.807) is 4.31 Å². The van der Waals surface area contributed by atoms with Crippen molar-refractivity contribution in [2.24, 2.45) is 11.7 Å². The first-order chi connectivity index (χ1) is 9.32. The summed E-state index contributed by atoms with van der Waals surface area (Å²) in [6.07, 6.45) is 3.24. The predicted octanol–water partition coefficient (Wildman–Crippen LogP) is 0.630. The summed E-state index contributed by atoms with van der Waals surface area (Å²) in [5, 5.41) is 4.53. The number of sulfonamides is 1. The van der Waals surface area contributed by atoms with Crippen molar-refractivity contribution in [3.8, 4) is 0 Å². The van der Waals surface area contributed by atoms with Crippen LogP contribution in [-0.2, 0) is 23.1 Å². The fraction of sp³-hybridized carbons (Fsp3) is 0.769. The van der Waals surface area contributed by atoms with E-state index >= 15 is 0 Å². The first-order valence-electron chi connectivity index (χ1n) is 7.01. The number of aromatic nitrogens is 2. The maximum absolute atomic E-state index is 11.6. The molecule has 114 valence electrons. The molecule has 0 radical (unpaired) electrons. The summed E-state index contributed by atoms with van der Waals surface area (Å²) in [6.45, 7) is 6.49. The number of hydrogen-bond donors (Lipinski definition) is 1. The van der Waals surface area contributed by atoms with Crippen LogP contribution < -0.4 is 5.73 Å². The molecule has 0 amide bonds. The molecule has 1 saturated heterocycles. The molecule has 1 aliphatic rings. The van der Waals surface area contributed by atoms with Crippen LogP contribution >= 0.6 is 0 Å². The first kappa shape index (κ1) is 15.5. The van der Waals surface area contributed by atoms with Crippen LogP contribution in [0.3, 0.4) is 0 Å². The third-order valence-electron chi connectivity index (χ3n) is 4.12. The highest BCUT2D eigenvalue weighted by Crippen LogP contribution is 2.22. The lowest BCUT2D eigenvalue weighted by Crippen LogP contribution is -2.40. The largest absolute Gasteiger partial charge is 0.326 e. The molecule has 0 saturated carbocycles. The average molecular weight is 300 g/mol. The zero-order valence-electron chi connectivity index (χ0n) is 12.5. The lowest BCUT2D eigenvalue weighted by atomic mass is 10.00. The zero-order chi connectivity index (χ0) is 14.9. The molecule has 7 heteroatoms. The maximum Gasteiger partial charge on any atom is 0.211 e. The molecule has 0 aromatic carbocycles. The van der Waals surface area contributed by atoms with Crippen LogP contribution in [0.1, 0.15) is 29.8 Å². The van der Waals surface area contributed by atoms with Crippen molar-refractivity contribution in [3.05, 3.63) is 17.0 Å². The van der Waals surface area contributed by atoms with Gasteiger partial charge in [-0.25, -0.2) is 12.7 Å². The van der Waals surface area contributed by atoms with Gasteiger partial charge in [-0.15, -0.1) is 0 Å². The van der Waals surface area contributed by atoms with Gasteiger partial charge in [-0.05, 0) is 32.6 Å². The number of nitrogens with two attached hydrogens (primary N) is 1. The SMILES string of the molecule is Cc1nn(CC2CCCN(S(C)(=O)=O)C2)c(C)c1CN. The topological polar surface area (TPSA) is 81.2 Å². The Morgan fingerprint density at radius 3 is 2.65 bits per heavy atom. The molecule has 20 heavy (non-hydrogen) atoms. The van der Waals surface area contributed by atoms with E-state index in [0.717, 1.165) is 36.3 Å². The molecule has 1 atom stereocenters. The summed E-state index contributed by atoms with van der Waals surface area (Å²) in [5.74, 6) is 0.321. The summed E-state index contributed by atoms with van der Waals surface area (Å²) < 4.78 is 26.8. The second-order valence-electron chi connectivity index (χ2n) is 5.66. The van der Waals surface area contributed by atoms with Gasteiger partial charge in [0, 0.05) is 37.4 Å². The van der Waals surface area contributed by atoms with Gasteiger partial charge in [-0.1, -0.05) is 0 Å². The van der Waals surface area contributed by atoms with Gasteiger partial charge >= 0.3 is 0 Å². The Balaban J connectivity index is 2.10. The van der Waals surface area contributed by atoms with Gasteiger partial charge in [0.05, 0.1) is 11.9 Å². The second-order valence-corrected chi connectivity index (χ2v) is 7.65. The molecule has 2 N–H and O–H groups in total. The number of rotatable bonds is 4. The standard InChI is InChI=1S/C13H24N4O2S/c1-10-13(7-14)11(2)17(15-10)9-12-5-4-6-16(8-12)20(3,18)19/h12H,4-9,14H2,1-3H3. The molecular weight excluding hydrogens is 276 g/mol. The molecule has 1 aromatic heterocycles. The Bertz CT molecular complexity index is 579. The lowest BCUT2D eigenvalue weighted by molar-refractivity contribution is 0.239. The van der Waals surface area contributed by atoms with Crippen molar-refractivity contribution in [1.82, 2.24) is 14.1 Å². The van der Waals surface area contributed by atoms with E-state index in [-0.39, 0.29) is 0 Å².